The van der Waals surface area contributed by atoms with E-state index in [9.17, 15) is 9.59 Å². The molecular formula is C31H30N2O4. The van der Waals surface area contributed by atoms with Crippen LogP contribution in [0.3, 0.4) is 0 Å². The molecule has 0 radical (unpaired) electrons. The van der Waals surface area contributed by atoms with E-state index < -0.39 is 5.92 Å². The van der Waals surface area contributed by atoms with Crippen LogP contribution >= 0.6 is 0 Å². The summed E-state index contributed by atoms with van der Waals surface area (Å²) in [5.74, 6) is 0.551. The first-order valence-electron chi connectivity index (χ1n) is 12.5. The number of ether oxygens (including phenoxy) is 2. The van der Waals surface area contributed by atoms with E-state index in [2.05, 4.69) is 10.6 Å². The lowest BCUT2D eigenvalue weighted by Gasteiger charge is -2.34. The lowest BCUT2D eigenvalue weighted by atomic mass is 9.75. The van der Waals surface area contributed by atoms with Gasteiger partial charge in [-0.1, -0.05) is 54.6 Å². The number of hydrogen-bond acceptors (Lipinski definition) is 5. The molecule has 0 fully saturated rings. The molecule has 1 aliphatic carbocycles. The van der Waals surface area contributed by atoms with E-state index in [0.717, 1.165) is 35.4 Å². The largest absolute Gasteiger partial charge is 0.495 e. The second-order valence-corrected chi connectivity index (χ2v) is 9.27. The average molecular weight is 495 g/mol. The number of hydrogen-bond donors (Lipinski definition) is 2. The smallest absolute Gasteiger partial charge is 0.254 e. The molecule has 3 aromatic carbocycles. The van der Waals surface area contributed by atoms with Gasteiger partial charge in [0.25, 0.3) is 5.91 Å². The van der Waals surface area contributed by atoms with Gasteiger partial charge in [0.05, 0.1) is 12.8 Å². The van der Waals surface area contributed by atoms with Gasteiger partial charge in [0.15, 0.2) is 5.78 Å². The zero-order chi connectivity index (χ0) is 25.8. The first-order valence-corrected chi connectivity index (χ1v) is 12.5. The highest BCUT2D eigenvalue weighted by atomic mass is 16.5. The number of dihydropyridines is 1. The van der Waals surface area contributed by atoms with Gasteiger partial charge in [-0.3, -0.25) is 9.59 Å². The molecule has 37 heavy (non-hydrogen) atoms. The molecule has 1 heterocycles. The molecule has 0 saturated carbocycles. The van der Waals surface area contributed by atoms with Crippen LogP contribution in [0.25, 0.3) is 0 Å². The van der Waals surface area contributed by atoms with Crippen molar-refractivity contribution in [1.29, 1.82) is 0 Å². The highest BCUT2D eigenvalue weighted by Gasteiger charge is 2.38. The van der Waals surface area contributed by atoms with E-state index in [0.29, 0.717) is 41.4 Å². The molecule has 5 rings (SSSR count). The zero-order valence-corrected chi connectivity index (χ0v) is 21.0. The molecule has 0 saturated heterocycles. The molecule has 6 nitrogen and oxygen atoms in total. The summed E-state index contributed by atoms with van der Waals surface area (Å²) in [7, 11) is 1.57. The lowest BCUT2D eigenvalue weighted by molar-refractivity contribution is -0.116. The number of para-hydroxylation sites is 2. The molecule has 1 amide bonds. The number of Topliss-reactive ketones (excluding diaryl/α,β-unsaturated/α-hetero) is 1. The molecule has 0 aromatic heterocycles. The lowest BCUT2D eigenvalue weighted by Crippen LogP contribution is -2.35. The molecule has 6 heteroatoms. The molecule has 0 spiro atoms. The zero-order valence-electron chi connectivity index (χ0n) is 21.0. The first-order chi connectivity index (χ1) is 18.0. The van der Waals surface area contributed by atoms with Crippen molar-refractivity contribution in [3.63, 3.8) is 0 Å². The third kappa shape index (κ3) is 5.14. The number of anilines is 1. The van der Waals surface area contributed by atoms with Crippen molar-refractivity contribution in [1.82, 2.24) is 5.32 Å². The number of rotatable bonds is 7. The van der Waals surface area contributed by atoms with Gasteiger partial charge >= 0.3 is 0 Å². The van der Waals surface area contributed by atoms with Gasteiger partial charge in [-0.05, 0) is 55.2 Å². The number of methoxy groups -OCH3 is 1. The standard InChI is InChI=1S/C31H30N2O4/c1-20-28(31(35)33-24-14-6-7-17-27(24)36-2)29(30-25(32-20)15-9-16-26(30)34)22-12-8-13-23(18-22)37-19-21-10-4-3-5-11-21/h3-8,10-14,17-18,29,32H,9,15-16,19H2,1-2H3,(H,33,35). The van der Waals surface area contributed by atoms with E-state index in [1.807, 2.05) is 73.7 Å². The summed E-state index contributed by atoms with van der Waals surface area (Å²) >= 11 is 0. The predicted octanol–water partition coefficient (Wildman–Crippen LogP) is 5.88. The van der Waals surface area contributed by atoms with E-state index >= 15 is 0 Å². The van der Waals surface area contributed by atoms with E-state index in [1.54, 1.807) is 19.2 Å². The highest BCUT2D eigenvalue weighted by Crippen LogP contribution is 2.43. The predicted molar refractivity (Wildman–Crippen MR) is 143 cm³/mol. The minimum absolute atomic E-state index is 0.0736. The second kappa shape index (κ2) is 10.7. The van der Waals surface area contributed by atoms with Crippen molar-refractivity contribution >= 4 is 17.4 Å². The maximum atomic E-state index is 13.8. The number of ketones is 1. The average Bonchev–Trinajstić information content (AvgIpc) is 2.92. The van der Waals surface area contributed by atoms with Crippen molar-refractivity contribution in [3.05, 3.63) is 113 Å². The molecule has 2 aliphatic rings. The molecule has 1 unspecified atom stereocenters. The van der Waals surface area contributed by atoms with Gasteiger partial charge in [-0.2, -0.15) is 0 Å². The van der Waals surface area contributed by atoms with Gasteiger partial charge in [-0.25, -0.2) is 0 Å². The number of carbonyl (C=O) groups is 2. The maximum absolute atomic E-state index is 13.8. The van der Waals surface area contributed by atoms with Crippen molar-refractivity contribution in [2.75, 3.05) is 12.4 Å². The van der Waals surface area contributed by atoms with Crippen molar-refractivity contribution in [2.24, 2.45) is 0 Å². The summed E-state index contributed by atoms with van der Waals surface area (Å²) in [5, 5.41) is 6.38. The van der Waals surface area contributed by atoms with Crippen molar-refractivity contribution in [3.8, 4) is 11.5 Å². The SMILES string of the molecule is COc1ccccc1NC(=O)C1=C(C)NC2=C(C(=O)CCC2)C1c1cccc(OCc2ccccc2)c1. The fourth-order valence-electron chi connectivity index (χ4n) is 5.08. The highest BCUT2D eigenvalue weighted by molar-refractivity contribution is 6.10. The van der Waals surface area contributed by atoms with Crippen LogP contribution in [0.2, 0.25) is 0 Å². The summed E-state index contributed by atoms with van der Waals surface area (Å²) in [4.78, 5) is 27.0. The van der Waals surface area contributed by atoms with E-state index in [1.165, 1.54) is 0 Å². The Kier molecular flexibility index (Phi) is 7.08. The molecular weight excluding hydrogens is 464 g/mol. The van der Waals surface area contributed by atoms with Gasteiger partial charge < -0.3 is 20.1 Å². The maximum Gasteiger partial charge on any atom is 0.254 e. The topological polar surface area (TPSA) is 76.7 Å². The monoisotopic (exact) mass is 494 g/mol. The fourth-order valence-corrected chi connectivity index (χ4v) is 5.08. The number of benzene rings is 3. The van der Waals surface area contributed by atoms with Gasteiger partial charge in [0, 0.05) is 34.9 Å². The summed E-state index contributed by atoms with van der Waals surface area (Å²) in [6, 6.07) is 25.0. The molecule has 0 bridgehead atoms. The Morgan fingerprint density at radius 3 is 2.59 bits per heavy atom. The quantitative estimate of drug-likeness (QED) is 0.429. The fraction of sp³-hybridized carbons (Fsp3) is 0.226. The van der Waals surface area contributed by atoms with Gasteiger partial charge in [0.1, 0.15) is 18.1 Å². The second-order valence-electron chi connectivity index (χ2n) is 9.27. The van der Waals surface area contributed by atoms with Gasteiger partial charge in [-0.15, -0.1) is 0 Å². The summed E-state index contributed by atoms with van der Waals surface area (Å²) in [6.07, 6.45) is 2.05. The van der Waals surface area contributed by atoms with Crippen LogP contribution in [0.4, 0.5) is 5.69 Å². The Hall–Kier alpha value is -4.32. The Morgan fingerprint density at radius 2 is 1.78 bits per heavy atom. The first kappa shape index (κ1) is 24.4. The summed E-state index contributed by atoms with van der Waals surface area (Å²) < 4.78 is 11.5. The van der Waals surface area contributed by atoms with Crippen LogP contribution in [-0.2, 0) is 16.2 Å². The van der Waals surface area contributed by atoms with Crippen molar-refractivity contribution in [2.45, 2.75) is 38.7 Å². The summed E-state index contributed by atoms with van der Waals surface area (Å²) in [6.45, 7) is 2.32. The third-order valence-corrected chi connectivity index (χ3v) is 6.82. The molecule has 3 aromatic rings. The van der Waals surface area contributed by atoms with Crippen LogP contribution in [0, 0.1) is 0 Å². The van der Waals surface area contributed by atoms with Crippen LogP contribution in [0.15, 0.2) is 101 Å². The normalized spacial score (nSPS) is 17.1. The van der Waals surface area contributed by atoms with Crippen LogP contribution < -0.4 is 20.1 Å². The van der Waals surface area contributed by atoms with E-state index in [4.69, 9.17) is 9.47 Å². The molecule has 1 aliphatic heterocycles. The Bertz CT molecular complexity index is 1390. The Balaban J connectivity index is 1.51. The Morgan fingerprint density at radius 1 is 1.00 bits per heavy atom. The Labute approximate surface area is 217 Å². The summed E-state index contributed by atoms with van der Waals surface area (Å²) in [5.41, 5.74) is 5.31. The van der Waals surface area contributed by atoms with E-state index in [-0.39, 0.29) is 11.7 Å². The molecule has 188 valence electrons. The number of nitrogens with one attached hydrogen (secondary N) is 2. The minimum atomic E-state index is -0.501. The number of allylic oxidation sites excluding steroid dienone is 3. The van der Waals surface area contributed by atoms with Crippen LogP contribution in [-0.4, -0.2) is 18.8 Å². The van der Waals surface area contributed by atoms with Crippen molar-refractivity contribution < 1.29 is 19.1 Å². The molecule has 1 atom stereocenters. The number of amides is 1. The van der Waals surface area contributed by atoms with Gasteiger partial charge in [0.2, 0.25) is 0 Å². The van der Waals surface area contributed by atoms with Crippen LogP contribution in [0.5, 0.6) is 11.5 Å². The molecule has 2 N–H and O–H groups in total. The van der Waals surface area contributed by atoms with Crippen LogP contribution in [0.1, 0.15) is 43.2 Å². The third-order valence-electron chi connectivity index (χ3n) is 6.82. The minimum Gasteiger partial charge on any atom is -0.495 e. The number of carbonyl (C=O) groups excluding carboxylic acids is 2.